The number of hydrogen-bond acceptors (Lipinski definition) is 3. The van der Waals surface area contributed by atoms with Crippen LogP contribution in [0.1, 0.15) is 38.5 Å². The number of esters is 1. The molecule has 1 rings (SSSR count). The van der Waals surface area contributed by atoms with Crippen molar-refractivity contribution in [1.82, 2.24) is 0 Å². The molecule has 1 saturated carbocycles. The lowest BCUT2D eigenvalue weighted by Gasteiger charge is -2.10. The van der Waals surface area contributed by atoms with E-state index in [4.69, 9.17) is 0 Å². The van der Waals surface area contributed by atoms with Gasteiger partial charge in [0.1, 0.15) is 5.78 Å². The fourth-order valence-corrected chi connectivity index (χ4v) is 1.73. The van der Waals surface area contributed by atoms with Crippen LogP contribution in [-0.4, -0.2) is 18.9 Å². The Morgan fingerprint density at radius 1 is 1.46 bits per heavy atom. The summed E-state index contributed by atoms with van der Waals surface area (Å²) in [6, 6.07) is 0. The van der Waals surface area contributed by atoms with Gasteiger partial charge in [0.25, 0.3) is 0 Å². The minimum absolute atomic E-state index is 0.0741. The van der Waals surface area contributed by atoms with E-state index in [-0.39, 0.29) is 24.1 Å². The molecule has 0 amide bonds. The van der Waals surface area contributed by atoms with Gasteiger partial charge in [-0.2, -0.15) is 0 Å². The zero-order valence-electron chi connectivity index (χ0n) is 8.04. The highest BCUT2D eigenvalue weighted by Crippen LogP contribution is 2.22. The second-order valence-electron chi connectivity index (χ2n) is 3.54. The summed E-state index contributed by atoms with van der Waals surface area (Å²) in [5.41, 5.74) is 0. The second kappa shape index (κ2) is 5.00. The lowest BCUT2D eigenvalue weighted by atomic mass is 9.95. The molecule has 0 N–H and O–H groups in total. The fourth-order valence-electron chi connectivity index (χ4n) is 1.73. The maximum Gasteiger partial charge on any atom is 0.306 e. The summed E-state index contributed by atoms with van der Waals surface area (Å²) in [7, 11) is 1.36. The Bertz CT molecular complexity index is 198. The molecule has 0 radical (unpaired) electrons. The molecule has 0 aromatic carbocycles. The smallest absolute Gasteiger partial charge is 0.306 e. The topological polar surface area (TPSA) is 43.4 Å². The third-order valence-corrected chi connectivity index (χ3v) is 2.57. The van der Waals surface area contributed by atoms with Crippen LogP contribution in [0.3, 0.4) is 0 Å². The molecule has 1 aliphatic carbocycles. The van der Waals surface area contributed by atoms with E-state index in [9.17, 15) is 9.59 Å². The van der Waals surface area contributed by atoms with Gasteiger partial charge in [0.05, 0.1) is 13.5 Å². The Balaban J connectivity index is 2.45. The van der Waals surface area contributed by atoms with Gasteiger partial charge in [-0.25, -0.2) is 0 Å². The Hall–Kier alpha value is -0.860. The summed E-state index contributed by atoms with van der Waals surface area (Å²) in [5.74, 6) is -0.0990. The molecule has 1 fully saturated rings. The molecule has 1 atom stereocenters. The van der Waals surface area contributed by atoms with E-state index in [0.29, 0.717) is 6.42 Å². The first kappa shape index (κ1) is 10.2. The molecule has 0 heterocycles. The SMILES string of the molecule is COC(=O)C[C@@H]1CCCCCC1=O. The minimum atomic E-state index is -0.264. The quantitative estimate of drug-likeness (QED) is 0.484. The van der Waals surface area contributed by atoms with Crippen molar-refractivity contribution in [1.29, 1.82) is 0 Å². The van der Waals surface area contributed by atoms with Crippen LogP contribution in [0.25, 0.3) is 0 Å². The van der Waals surface area contributed by atoms with Crippen molar-refractivity contribution in [2.24, 2.45) is 5.92 Å². The number of Topliss-reactive ketones (excluding diaryl/α,β-unsaturated/α-hetero) is 1. The zero-order chi connectivity index (χ0) is 9.68. The zero-order valence-corrected chi connectivity index (χ0v) is 8.04. The van der Waals surface area contributed by atoms with Crippen LogP contribution in [0.4, 0.5) is 0 Å². The van der Waals surface area contributed by atoms with Crippen LogP contribution in [-0.2, 0) is 14.3 Å². The summed E-state index contributed by atoms with van der Waals surface area (Å²) >= 11 is 0. The molecular weight excluding hydrogens is 168 g/mol. The number of carbonyl (C=O) groups is 2. The predicted octanol–water partition coefficient (Wildman–Crippen LogP) is 1.70. The van der Waals surface area contributed by atoms with Crippen molar-refractivity contribution in [3.05, 3.63) is 0 Å². The molecule has 0 aromatic heterocycles. The third kappa shape index (κ3) is 3.17. The van der Waals surface area contributed by atoms with Crippen LogP contribution in [0.15, 0.2) is 0 Å². The van der Waals surface area contributed by atoms with Crippen LogP contribution in [0.2, 0.25) is 0 Å². The first-order valence-electron chi connectivity index (χ1n) is 4.83. The van der Waals surface area contributed by atoms with E-state index in [1.54, 1.807) is 0 Å². The Morgan fingerprint density at radius 2 is 2.23 bits per heavy atom. The second-order valence-corrected chi connectivity index (χ2v) is 3.54. The predicted molar refractivity (Wildman–Crippen MR) is 48.2 cm³/mol. The normalized spacial score (nSPS) is 23.8. The molecular formula is C10H16O3. The van der Waals surface area contributed by atoms with Crippen molar-refractivity contribution < 1.29 is 14.3 Å². The molecule has 74 valence electrons. The number of methoxy groups -OCH3 is 1. The first-order valence-corrected chi connectivity index (χ1v) is 4.83. The average molecular weight is 184 g/mol. The van der Waals surface area contributed by atoms with E-state index in [0.717, 1.165) is 25.7 Å². The summed E-state index contributed by atoms with van der Waals surface area (Å²) in [5, 5.41) is 0. The molecule has 0 spiro atoms. The van der Waals surface area contributed by atoms with E-state index >= 15 is 0 Å². The summed E-state index contributed by atoms with van der Waals surface area (Å²) in [4.78, 5) is 22.4. The lowest BCUT2D eigenvalue weighted by molar-refractivity contribution is -0.143. The van der Waals surface area contributed by atoms with Gasteiger partial charge in [0, 0.05) is 12.3 Å². The Labute approximate surface area is 78.5 Å². The van der Waals surface area contributed by atoms with E-state index in [2.05, 4.69) is 4.74 Å². The summed E-state index contributed by atoms with van der Waals surface area (Å²) in [6.45, 7) is 0. The van der Waals surface area contributed by atoms with Crippen LogP contribution in [0, 0.1) is 5.92 Å². The van der Waals surface area contributed by atoms with Gasteiger partial charge in [0.2, 0.25) is 0 Å². The molecule has 3 heteroatoms. The van der Waals surface area contributed by atoms with Gasteiger partial charge in [0.15, 0.2) is 0 Å². The Kier molecular flexibility index (Phi) is 3.93. The molecule has 0 aromatic rings. The first-order chi connectivity index (χ1) is 6.24. The highest BCUT2D eigenvalue weighted by molar-refractivity contribution is 5.85. The van der Waals surface area contributed by atoms with E-state index in [1.165, 1.54) is 7.11 Å². The van der Waals surface area contributed by atoms with E-state index < -0.39 is 0 Å². The monoisotopic (exact) mass is 184 g/mol. The molecule has 13 heavy (non-hydrogen) atoms. The van der Waals surface area contributed by atoms with E-state index in [1.807, 2.05) is 0 Å². The highest BCUT2D eigenvalue weighted by atomic mass is 16.5. The van der Waals surface area contributed by atoms with Gasteiger partial charge in [-0.3, -0.25) is 9.59 Å². The molecule has 0 saturated heterocycles. The van der Waals surface area contributed by atoms with Gasteiger partial charge < -0.3 is 4.74 Å². The standard InChI is InChI=1S/C10H16O3/c1-13-10(12)7-8-5-3-2-4-6-9(8)11/h8H,2-7H2,1H3/t8-/m0/s1. The van der Waals surface area contributed by atoms with Gasteiger partial charge in [-0.05, 0) is 12.8 Å². The molecule has 1 aliphatic rings. The van der Waals surface area contributed by atoms with Crippen molar-refractivity contribution in [3.63, 3.8) is 0 Å². The van der Waals surface area contributed by atoms with Crippen LogP contribution >= 0.6 is 0 Å². The molecule has 3 nitrogen and oxygen atoms in total. The molecule has 0 aliphatic heterocycles. The average Bonchev–Trinajstić information content (AvgIpc) is 2.32. The van der Waals surface area contributed by atoms with Crippen molar-refractivity contribution in [2.45, 2.75) is 38.5 Å². The van der Waals surface area contributed by atoms with Gasteiger partial charge in [-0.15, -0.1) is 0 Å². The lowest BCUT2D eigenvalue weighted by Crippen LogP contribution is -2.17. The number of ketones is 1. The maximum absolute atomic E-state index is 11.5. The Morgan fingerprint density at radius 3 is 2.92 bits per heavy atom. The number of carbonyl (C=O) groups excluding carboxylic acids is 2. The molecule has 0 bridgehead atoms. The summed E-state index contributed by atoms with van der Waals surface area (Å²) in [6.07, 6.45) is 4.93. The van der Waals surface area contributed by atoms with Crippen LogP contribution in [0.5, 0.6) is 0 Å². The van der Waals surface area contributed by atoms with Gasteiger partial charge in [-0.1, -0.05) is 12.8 Å². The van der Waals surface area contributed by atoms with Crippen molar-refractivity contribution in [2.75, 3.05) is 7.11 Å². The third-order valence-electron chi connectivity index (χ3n) is 2.57. The van der Waals surface area contributed by atoms with Crippen molar-refractivity contribution >= 4 is 11.8 Å². The summed E-state index contributed by atoms with van der Waals surface area (Å²) < 4.78 is 4.55. The fraction of sp³-hybridized carbons (Fsp3) is 0.800. The molecule has 0 unspecified atom stereocenters. The number of ether oxygens (including phenoxy) is 1. The number of hydrogen-bond donors (Lipinski definition) is 0. The minimum Gasteiger partial charge on any atom is -0.469 e. The van der Waals surface area contributed by atoms with Crippen molar-refractivity contribution in [3.8, 4) is 0 Å². The highest BCUT2D eigenvalue weighted by Gasteiger charge is 2.23. The number of rotatable bonds is 2. The largest absolute Gasteiger partial charge is 0.469 e. The van der Waals surface area contributed by atoms with Crippen LogP contribution < -0.4 is 0 Å². The van der Waals surface area contributed by atoms with Gasteiger partial charge >= 0.3 is 5.97 Å². The maximum atomic E-state index is 11.5.